The highest BCUT2D eigenvalue weighted by atomic mass is 35.5. The molecule has 3 aromatic rings. The zero-order valence-electron chi connectivity index (χ0n) is 14.7. The number of benzene rings is 3. The van der Waals surface area contributed by atoms with E-state index in [0.717, 1.165) is 12.1 Å². The van der Waals surface area contributed by atoms with Crippen molar-refractivity contribution in [1.82, 2.24) is 0 Å². The number of rotatable bonds is 5. The zero-order valence-corrected chi connectivity index (χ0v) is 15.5. The number of amides is 1. The molecule has 0 radical (unpaired) electrons. The smallest absolute Gasteiger partial charge is 0.345 e. The molecule has 0 spiro atoms. The van der Waals surface area contributed by atoms with Crippen molar-refractivity contribution in [1.29, 1.82) is 0 Å². The van der Waals surface area contributed by atoms with Crippen LogP contribution in [-0.2, 0) is 0 Å². The summed E-state index contributed by atoms with van der Waals surface area (Å²) in [5, 5.41) is 2.70. The molecule has 0 aliphatic heterocycles. The average molecular weight is 400 g/mol. The normalized spacial score (nSPS) is 10.2. The van der Waals surface area contributed by atoms with Crippen molar-refractivity contribution in [3.05, 3.63) is 88.7 Å². The zero-order chi connectivity index (χ0) is 20.1. The lowest BCUT2D eigenvalue weighted by Crippen LogP contribution is -2.13. The van der Waals surface area contributed by atoms with Crippen molar-refractivity contribution < 1.29 is 23.5 Å². The second kappa shape index (κ2) is 8.54. The molecule has 0 aliphatic rings. The van der Waals surface area contributed by atoms with Gasteiger partial charge in [0.1, 0.15) is 17.3 Å². The minimum atomic E-state index is -0.712. The average Bonchev–Trinajstić information content (AvgIpc) is 2.69. The number of esters is 1. The minimum absolute atomic E-state index is 0.0364. The number of para-hydroxylation sites is 1. The van der Waals surface area contributed by atoms with Gasteiger partial charge in [-0.2, -0.15) is 0 Å². The molecule has 0 unspecified atom stereocenters. The minimum Gasteiger partial charge on any atom is -0.496 e. The maximum Gasteiger partial charge on any atom is 0.345 e. The maximum absolute atomic E-state index is 13.1. The summed E-state index contributed by atoms with van der Waals surface area (Å²) in [5.74, 6) is -0.879. The number of methoxy groups -OCH3 is 1. The van der Waals surface area contributed by atoms with Gasteiger partial charge in [0.15, 0.2) is 0 Å². The van der Waals surface area contributed by atoms with Crippen molar-refractivity contribution in [2.45, 2.75) is 0 Å². The summed E-state index contributed by atoms with van der Waals surface area (Å²) in [7, 11) is 1.49. The summed E-state index contributed by atoms with van der Waals surface area (Å²) < 4.78 is 23.5. The third-order valence-corrected chi connectivity index (χ3v) is 4.14. The van der Waals surface area contributed by atoms with Gasteiger partial charge in [-0.05, 0) is 54.6 Å². The molecule has 142 valence electrons. The van der Waals surface area contributed by atoms with Crippen LogP contribution in [0.5, 0.6) is 11.5 Å². The van der Waals surface area contributed by atoms with Gasteiger partial charge in [-0.3, -0.25) is 4.79 Å². The Labute approximate surface area is 165 Å². The van der Waals surface area contributed by atoms with E-state index < -0.39 is 11.8 Å². The molecule has 3 aromatic carbocycles. The third kappa shape index (κ3) is 4.47. The first-order chi connectivity index (χ1) is 13.5. The van der Waals surface area contributed by atoms with E-state index in [1.54, 1.807) is 36.4 Å². The monoisotopic (exact) mass is 399 g/mol. The predicted octanol–water partition coefficient (Wildman–Crippen LogP) is 4.96. The quantitative estimate of drug-likeness (QED) is 0.486. The van der Waals surface area contributed by atoms with Gasteiger partial charge >= 0.3 is 5.97 Å². The fourth-order valence-corrected chi connectivity index (χ4v) is 2.70. The summed E-state index contributed by atoms with van der Waals surface area (Å²) in [6, 6.07) is 16.5. The van der Waals surface area contributed by atoms with Crippen molar-refractivity contribution in [2.24, 2.45) is 0 Å². The molecule has 0 aromatic heterocycles. The number of anilines is 1. The summed E-state index contributed by atoms with van der Waals surface area (Å²) in [5.41, 5.74) is 0.957. The van der Waals surface area contributed by atoms with E-state index in [0.29, 0.717) is 17.0 Å². The molecule has 1 N–H and O–H groups in total. The van der Waals surface area contributed by atoms with Crippen LogP contribution in [-0.4, -0.2) is 19.0 Å². The number of halogens is 2. The first kappa shape index (κ1) is 19.4. The molecule has 0 fully saturated rings. The van der Waals surface area contributed by atoms with Gasteiger partial charge in [-0.1, -0.05) is 23.7 Å². The summed E-state index contributed by atoms with van der Waals surface area (Å²) >= 11 is 5.86. The molecule has 0 bridgehead atoms. The molecule has 5 nitrogen and oxygen atoms in total. The SMILES string of the molecule is COc1ccccc1C(=O)Nc1ccc(OC(=O)c2ccc(F)cc2Cl)cc1. The van der Waals surface area contributed by atoms with E-state index in [-0.39, 0.29) is 22.2 Å². The lowest BCUT2D eigenvalue weighted by atomic mass is 10.2. The Balaban J connectivity index is 1.68. The predicted molar refractivity (Wildman–Crippen MR) is 104 cm³/mol. The molecule has 0 atom stereocenters. The molecule has 28 heavy (non-hydrogen) atoms. The van der Waals surface area contributed by atoms with E-state index in [9.17, 15) is 14.0 Å². The lowest BCUT2D eigenvalue weighted by molar-refractivity contribution is 0.0734. The van der Waals surface area contributed by atoms with Crippen LogP contribution in [0, 0.1) is 5.82 Å². The van der Waals surface area contributed by atoms with Gasteiger partial charge in [-0.25, -0.2) is 9.18 Å². The van der Waals surface area contributed by atoms with E-state index in [1.807, 2.05) is 0 Å². The topological polar surface area (TPSA) is 64.6 Å². The number of carbonyl (C=O) groups excluding carboxylic acids is 2. The number of nitrogens with one attached hydrogen (secondary N) is 1. The molecule has 1 amide bonds. The molecule has 0 heterocycles. The van der Waals surface area contributed by atoms with Crippen molar-refractivity contribution in [3.8, 4) is 11.5 Å². The van der Waals surface area contributed by atoms with Crippen molar-refractivity contribution in [2.75, 3.05) is 12.4 Å². The molecule has 0 saturated carbocycles. The van der Waals surface area contributed by atoms with Gasteiger partial charge in [0.2, 0.25) is 0 Å². The van der Waals surface area contributed by atoms with Gasteiger partial charge in [0.25, 0.3) is 5.91 Å². The Hall–Kier alpha value is -3.38. The molecular formula is C21H15ClFNO4. The fraction of sp³-hybridized carbons (Fsp3) is 0.0476. The highest BCUT2D eigenvalue weighted by molar-refractivity contribution is 6.33. The number of hydrogen-bond donors (Lipinski definition) is 1. The van der Waals surface area contributed by atoms with Crippen LogP contribution in [0.1, 0.15) is 20.7 Å². The van der Waals surface area contributed by atoms with E-state index >= 15 is 0 Å². The van der Waals surface area contributed by atoms with Gasteiger partial charge < -0.3 is 14.8 Å². The van der Waals surface area contributed by atoms with Gasteiger partial charge in [-0.15, -0.1) is 0 Å². The maximum atomic E-state index is 13.1. The summed E-state index contributed by atoms with van der Waals surface area (Å²) in [4.78, 5) is 24.5. The Kier molecular flexibility index (Phi) is 5.91. The van der Waals surface area contributed by atoms with Crippen LogP contribution < -0.4 is 14.8 Å². The first-order valence-corrected chi connectivity index (χ1v) is 8.57. The molecule has 0 saturated heterocycles. The van der Waals surface area contributed by atoms with Gasteiger partial charge in [0, 0.05) is 5.69 Å². The number of carbonyl (C=O) groups is 2. The van der Waals surface area contributed by atoms with Crippen LogP contribution in [0.4, 0.5) is 10.1 Å². The largest absolute Gasteiger partial charge is 0.496 e. The fourth-order valence-electron chi connectivity index (χ4n) is 2.45. The molecule has 3 rings (SSSR count). The summed E-state index contributed by atoms with van der Waals surface area (Å²) in [6.45, 7) is 0. The van der Waals surface area contributed by atoms with Crippen molar-refractivity contribution in [3.63, 3.8) is 0 Å². The lowest BCUT2D eigenvalue weighted by Gasteiger charge is -2.10. The second-order valence-corrected chi connectivity index (χ2v) is 6.10. The van der Waals surface area contributed by atoms with E-state index in [1.165, 1.54) is 25.3 Å². The second-order valence-electron chi connectivity index (χ2n) is 5.69. The number of ether oxygens (including phenoxy) is 2. The number of hydrogen-bond acceptors (Lipinski definition) is 4. The van der Waals surface area contributed by atoms with Crippen LogP contribution in [0.25, 0.3) is 0 Å². The molecule has 7 heteroatoms. The van der Waals surface area contributed by atoms with Crippen LogP contribution in [0.3, 0.4) is 0 Å². The molecule has 0 aliphatic carbocycles. The van der Waals surface area contributed by atoms with Crippen LogP contribution in [0.15, 0.2) is 66.7 Å². The summed E-state index contributed by atoms with van der Waals surface area (Å²) in [6.07, 6.45) is 0. The third-order valence-electron chi connectivity index (χ3n) is 3.83. The van der Waals surface area contributed by atoms with Crippen LogP contribution in [0.2, 0.25) is 5.02 Å². The van der Waals surface area contributed by atoms with E-state index in [2.05, 4.69) is 5.32 Å². The standard InChI is InChI=1S/C21H15ClFNO4/c1-27-19-5-3-2-4-17(19)20(25)24-14-7-9-15(10-8-14)28-21(26)16-11-6-13(23)12-18(16)22/h2-12H,1H3,(H,24,25). The Morgan fingerprint density at radius 2 is 1.68 bits per heavy atom. The highest BCUT2D eigenvalue weighted by Gasteiger charge is 2.14. The van der Waals surface area contributed by atoms with Crippen molar-refractivity contribution >= 4 is 29.2 Å². The Bertz CT molecular complexity index is 1020. The Morgan fingerprint density at radius 3 is 2.36 bits per heavy atom. The molecular weight excluding hydrogens is 385 g/mol. The van der Waals surface area contributed by atoms with Crippen LogP contribution >= 0.6 is 11.6 Å². The Morgan fingerprint density at radius 1 is 0.964 bits per heavy atom. The first-order valence-electron chi connectivity index (χ1n) is 8.19. The highest BCUT2D eigenvalue weighted by Crippen LogP contribution is 2.23. The van der Waals surface area contributed by atoms with E-state index in [4.69, 9.17) is 21.1 Å². The van der Waals surface area contributed by atoms with Gasteiger partial charge in [0.05, 0.1) is 23.3 Å².